The number of nitrogens with zero attached hydrogens (tertiary/aromatic N) is 1. The Balaban J connectivity index is 1.56. The maximum Gasteiger partial charge on any atom is 0.321 e. The molecule has 0 spiro atoms. The molecule has 0 aromatic heterocycles. The molecule has 1 aliphatic heterocycles. The van der Waals surface area contributed by atoms with Gasteiger partial charge in [0, 0.05) is 18.4 Å². The monoisotopic (exact) mass is 577 g/mol. The summed E-state index contributed by atoms with van der Waals surface area (Å²) in [4.78, 5) is 27.7. The lowest BCUT2D eigenvalue weighted by atomic mass is 9.87. The third kappa shape index (κ3) is 6.59. The van der Waals surface area contributed by atoms with Crippen LogP contribution in [0.5, 0.6) is 5.75 Å². The quantitative estimate of drug-likeness (QED) is 0.153. The van der Waals surface area contributed by atoms with Crippen molar-refractivity contribution >= 4 is 27.5 Å². The summed E-state index contributed by atoms with van der Waals surface area (Å²) in [6.45, 7) is 2.01. The topological polar surface area (TPSA) is 140 Å². The molecule has 4 rings (SSSR count). The van der Waals surface area contributed by atoms with Crippen LogP contribution in [0, 0.1) is 10.8 Å². The fourth-order valence-electron chi connectivity index (χ4n) is 5.20. The van der Waals surface area contributed by atoms with Crippen LogP contribution in [0.15, 0.2) is 77.7 Å². The summed E-state index contributed by atoms with van der Waals surface area (Å²) in [6, 6.07) is 21.3. The molecule has 216 valence electrons. The van der Waals surface area contributed by atoms with Crippen LogP contribution in [0.3, 0.4) is 0 Å². The highest BCUT2D eigenvalue weighted by atomic mass is 32.2. The molecule has 2 atom stereocenters. The molecule has 1 amide bonds. The van der Waals surface area contributed by atoms with Crippen molar-refractivity contribution in [1.29, 1.82) is 5.41 Å². The normalized spacial score (nSPS) is 18.8. The Bertz CT molecular complexity index is 1540. The van der Waals surface area contributed by atoms with Crippen LogP contribution < -0.4 is 10.5 Å². The molecule has 9 nitrogen and oxygen atoms in total. The largest absolute Gasteiger partial charge is 0.490 e. The van der Waals surface area contributed by atoms with E-state index >= 15 is 0 Å². The number of carbonyl (C=O) groups excluding carboxylic acids is 2. The van der Waals surface area contributed by atoms with E-state index in [0.29, 0.717) is 24.1 Å². The van der Waals surface area contributed by atoms with E-state index in [1.807, 2.05) is 30.3 Å². The molecule has 0 bridgehead atoms. The minimum absolute atomic E-state index is 0.0127. The van der Waals surface area contributed by atoms with Gasteiger partial charge in [0.15, 0.2) is 9.84 Å². The Hall–Kier alpha value is -4.18. The molecular formula is C31H35N3O6S. The summed E-state index contributed by atoms with van der Waals surface area (Å²) in [7, 11) is -2.41. The summed E-state index contributed by atoms with van der Waals surface area (Å²) in [5.41, 5.74) is 7.32. The van der Waals surface area contributed by atoms with Gasteiger partial charge in [-0.25, -0.2) is 8.42 Å². The average molecular weight is 578 g/mol. The summed E-state index contributed by atoms with van der Waals surface area (Å²) in [5, 5.41) is 7.57. The summed E-state index contributed by atoms with van der Waals surface area (Å²) < 4.78 is 36.5. The zero-order valence-corrected chi connectivity index (χ0v) is 24.2. The number of methoxy groups -OCH3 is 1. The highest BCUT2D eigenvalue weighted by Crippen LogP contribution is 2.38. The van der Waals surface area contributed by atoms with Gasteiger partial charge in [-0.3, -0.25) is 15.0 Å². The molecular weight excluding hydrogens is 542 g/mol. The number of likely N-dealkylation sites (tertiary alicyclic amines) is 1. The fraction of sp³-hybridized carbons (Fsp3) is 0.323. The number of hydrogen-bond acceptors (Lipinski definition) is 7. The number of aryl methyl sites for hydroxylation is 1. The van der Waals surface area contributed by atoms with Crippen LogP contribution in [0.1, 0.15) is 30.9 Å². The molecule has 3 N–H and O–H groups in total. The summed E-state index contributed by atoms with van der Waals surface area (Å²) in [6.07, 6.45) is 2.76. The third-order valence-electron chi connectivity index (χ3n) is 7.46. The summed E-state index contributed by atoms with van der Waals surface area (Å²) >= 11 is 0. The number of benzene rings is 3. The van der Waals surface area contributed by atoms with Crippen molar-refractivity contribution in [3.05, 3.63) is 83.9 Å². The number of amides is 1. The highest BCUT2D eigenvalue weighted by molar-refractivity contribution is 7.90. The number of sulfone groups is 1. The van der Waals surface area contributed by atoms with Crippen molar-refractivity contribution in [3.8, 4) is 16.9 Å². The van der Waals surface area contributed by atoms with Gasteiger partial charge in [-0.05, 0) is 55.0 Å². The van der Waals surface area contributed by atoms with E-state index in [2.05, 4.69) is 0 Å². The number of nitrogens with two attached hydrogens (primary N) is 1. The molecule has 10 heteroatoms. The van der Waals surface area contributed by atoms with Gasteiger partial charge in [0.1, 0.15) is 28.5 Å². The lowest BCUT2D eigenvalue weighted by Crippen LogP contribution is -2.41. The van der Waals surface area contributed by atoms with Gasteiger partial charge in [0.05, 0.1) is 13.2 Å². The number of ether oxygens (including phenoxy) is 2. The number of esters is 1. The van der Waals surface area contributed by atoms with E-state index in [4.69, 9.17) is 20.6 Å². The zero-order chi connectivity index (χ0) is 29.8. The van der Waals surface area contributed by atoms with E-state index in [0.717, 1.165) is 23.8 Å². The molecule has 0 unspecified atom stereocenters. The van der Waals surface area contributed by atoms with Crippen LogP contribution >= 0.6 is 0 Å². The van der Waals surface area contributed by atoms with Crippen molar-refractivity contribution in [2.24, 2.45) is 11.1 Å². The number of carbonyl (C=O) groups is 2. The van der Waals surface area contributed by atoms with Crippen molar-refractivity contribution in [3.63, 3.8) is 0 Å². The molecule has 0 aliphatic carbocycles. The minimum atomic E-state index is -3.67. The van der Waals surface area contributed by atoms with Crippen LogP contribution in [0.25, 0.3) is 11.1 Å². The van der Waals surface area contributed by atoms with Crippen molar-refractivity contribution in [2.45, 2.75) is 37.1 Å². The first kappa shape index (κ1) is 29.8. The van der Waals surface area contributed by atoms with E-state index in [1.54, 1.807) is 54.3 Å². The van der Waals surface area contributed by atoms with Gasteiger partial charge in [-0.1, -0.05) is 60.7 Å². The number of hydrogen-bond donors (Lipinski definition) is 2. The van der Waals surface area contributed by atoms with Crippen LogP contribution in [0.2, 0.25) is 0 Å². The molecule has 1 saturated heterocycles. The van der Waals surface area contributed by atoms with Gasteiger partial charge < -0.3 is 20.1 Å². The predicted octanol–water partition coefficient (Wildman–Crippen LogP) is 3.83. The summed E-state index contributed by atoms with van der Waals surface area (Å²) in [5.74, 6) is -0.811. The molecule has 41 heavy (non-hydrogen) atoms. The maximum atomic E-state index is 13.4. The van der Waals surface area contributed by atoms with Gasteiger partial charge in [0.2, 0.25) is 5.91 Å². The molecule has 0 saturated carbocycles. The lowest BCUT2D eigenvalue weighted by Gasteiger charge is -2.25. The Kier molecular flexibility index (Phi) is 8.82. The second-order valence-corrected chi connectivity index (χ2v) is 12.5. The fourth-order valence-corrected chi connectivity index (χ4v) is 6.04. The smallest absolute Gasteiger partial charge is 0.321 e. The molecule has 3 aromatic rings. The molecule has 3 aromatic carbocycles. The molecule has 1 heterocycles. The van der Waals surface area contributed by atoms with E-state index in [-0.39, 0.29) is 35.4 Å². The Morgan fingerprint density at radius 1 is 1.07 bits per heavy atom. The number of rotatable bonds is 11. The Labute approximate surface area is 240 Å². The van der Waals surface area contributed by atoms with E-state index < -0.39 is 27.3 Å². The van der Waals surface area contributed by atoms with Gasteiger partial charge in [-0.2, -0.15) is 0 Å². The number of nitrogen functional groups attached to an aromatic ring is 1. The van der Waals surface area contributed by atoms with E-state index in [9.17, 15) is 18.0 Å². The van der Waals surface area contributed by atoms with Gasteiger partial charge in [-0.15, -0.1) is 0 Å². The van der Waals surface area contributed by atoms with Crippen molar-refractivity contribution < 1.29 is 27.5 Å². The second-order valence-electron chi connectivity index (χ2n) is 10.5. The predicted molar refractivity (Wildman–Crippen MR) is 157 cm³/mol. The first-order valence-electron chi connectivity index (χ1n) is 13.3. The van der Waals surface area contributed by atoms with Crippen LogP contribution in [-0.4, -0.2) is 63.6 Å². The number of nitrogens with one attached hydrogen (secondary N) is 1. The Morgan fingerprint density at radius 2 is 1.73 bits per heavy atom. The minimum Gasteiger partial charge on any atom is -0.490 e. The SMILES string of the molecule is COC(=O)[C@@]1(C)C[C@@H](COc2ccc(-c3ccc(C(=N)N)cc3)cc2S(C)(=O)=O)N(CCCc2ccccc2)C1=O. The zero-order valence-electron chi connectivity index (χ0n) is 23.4. The molecule has 0 radical (unpaired) electrons. The van der Waals surface area contributed by atoms with Crippen molar-refractivity contribution in [1.82, 2.24) is 4.90 Å². The number of amidine groups is 1. The Morgan fingerprint density at radius 3 is 2.34 bits per heavy atom. The average Bonchev–Trinajstić information content (AvgIpc) is 3.21. The first-order valence-corrected chi connectivity index (χ1v) is 15.2. The first-order chi connectivity index (χ1) is 19.4. The van der Waals surface area contributed by atoms with Crippen LogP contribution in [0.4, 0.5) is 0 Å². The van der Waals surface area contributed by atoms with Crippen LogP contribution in [-0.2, 0) is 30.6 Å². The van der Waals surface area contributed by atoms with E-state index in [1.165, 1.54) is 7.11 Å². The highest BCUT2D eigenvalue weighted by Gasteiger charge is 2.54. The standard InChI is InChI=1S/C31H35N3O6S/c1-31(30(36)39-2)19-25(34(29(31)35)17-7-10-21-8-5-4-6-9-21)20-40-26-16-15-24(18-27(26)41(3,37)38)22-11-13-23(14-12-22)28(32)33/h4-6,8-9,11-16,18,25H,7,10,17,19-20H2,1-3H3,(H3,32,33)/t25-,31-/m0/s1. The maximum absolute atomic E-state index is 13.4. The molecule has 1 fully saturated rings. The molecule has 1 aliphatic rings. The van der Waals surface area contributed by atoms with Gasteiger partial charge >= 0.3 is 5.97 Å². The van der Waals surface area contributed by atoms with Crippen molar-refractivity contribution in [2.75, 3.05) is 26.5 Å². The lowest BCUT2D eigenvalue weighted by molar-refractivity contribution is -0.157. The third-order valence-corrected chi connectivity index (χ3v) is 8.58. The second kappa shape index (κ2) is 12.1. The van der Waals surface area contributed by atoms with Gasteiger partial charge in [0.25, 0.3) is 0 Å².